The zero-order valence-electron chi connectivity index (χ0n) is 11.5. The van der Waals surface area contributed by atoms with Crippen LogP contribution < -0.4 is 0 Å². The van der Waals surface area contributed by atoms with Crippen molar-refractivity contribution in [3.63, 3.8) is 0 Å². The molecular formula is C12H10N4O4S2. The van der Waals surface area contributed by atoms with Crippen LogP contribution in [0.4, 0.5) is 0 Å². The van der Waals surface area contributed by atoms with E-state index in [0.717, 1.165) is 17.6 Å². The Labute approximate surface area is 129 Å². The zero-order valence-corrected chi connectivity index (χ0v) is 13.2. The molecule has 0 bridgehead atoms. The first kappa shape index (κ1) is 14.6. The molecule has 10 heteroatoms. The van der Waals surface area contributed by atoms with Crippen molar-refractivity contribution >= 4 is 37.4 Å². The van der Waals surface area contributed by atoms with Gasteiger partial charge in [0.1, 0.15) is 4.88 Å². The molecule has 3 rings (SSSR count). The standard InChI is InChI=1S/C12H10N4O4S2/c1-20-11(17)10-8(6-3-14-15-4-6)9-7(21-10)5-13-12(16-9)22(2,18)19/h3-5H,1-2H3,(H,14,15). The number of nitrogens with zero attached hydrogens (tertiary/aromatic N) is 3. The minimum absolute atomic E-state index is 0.293. The van der Waals surface area contributed by atoms with Crippen molar-refractivity contribution in [2.24, 2.45) is 0 Å². The summed E-state index contributed by atoms with van der Waals surface area (Å²) < 4.78 is 28.6. The van der Waals surface area contributed by atoms with Crippen LogP contribution in [-0.4, -0.2) is 47.9 Å². The van der Waals surface area contributed by atoms with E-state index >= 15 is 0 Å². The lowest BCUT2D eigenvalue weighted by Crippen LogP contribution is -2.03. The van der Waals surface area contributed by atoms with Gasteiger partial charge in [0, 0.05) is 29.8 Å². The van der Waals surface area contributed by atoms with Crippen LogP contribution >= 0.6 is 11.3 Å². The molecule has 3 aromatic rings. The third kappa shape index (κ3) is 2.35. The molecule has 114 valence electrons. The molecule has 0 atom stereocenters. The smallest absolute Gasteiger partial charge is 0.348 e. The first-order valence-corrected chi connectivity index (χ1v) is 8.69. The number of hydrogen-bond donors (Lipinski definition) is 1. The number of fused-ring (bicyclic) bond motifs is 1. The molecule has 0 aliphatic heterocycles. The fourth-order valence-electron chi connectivity index (χ4n) is 1.95. The number of sulfone groups is 1. The monoisotopic (exact) mass is 338 g/mol. The number of carbonyl (C=O) groups excluding carboxylic acids is 1. The van der Waals surface area contributed by atoms with Crippen molar-refractivity contribution in [3.8, 4) is 11.1 Å². The summed E-state index contributed by atoms with van der Waals surface area (Å²) >= 11 is 1.14. The largest absolute Gasteiger partial charge is 0.465 e. The minimum Gasteiger partial charge on any atom is -0.465 e. The van der Waals surface area contributed by atoms with E-state index in [1.807, 2.05) is 0 Å². The summed E-state index contributed by atoms with van der Waals surface area (Å²) in [5.41, 5.74) is 1.47. The van der Waals surface area contributed by atoms with Gasteiger partial charge in [-0.05, 0) is 0 Å². The van der Waals surface area contributed by atoms with E-state index in [0.29, 0.717) is 26.2 Å². The number of aromatic nitrogens is 4. The Kier molecular flexibility index (Phi) is 3.41. The van der Waals surface area contributed by atoms with Crippen LogP contribution in [0.1, 0.15) is 9.67 Å². The Bertz CT molecular complexity index is 961. The van der Waals surface area contributed by atoms with E-state index in [9.17, 15) is 13.2 Å². The maximum Gasteiger partial charge on any atom is 0.348 e. The van der Waals surface area contributed by atoms with Gasteiger partial charge in [-0.2, -0.15) is 5.10 Å². The topological polar surface area (TPSA) is 115 Å². The third-order valence-corrected chi connectivity index (χ3v) is 4.85. The number of rotatable bonds is 3. The fourth-order valence-corrected chi connectivity index (χ4v) is 3.50. The molecule has 3 aromatic heterocycles. The molecule has 22 heavy (non-hydrogen) atoms. The Balaban J connectivity index is 2.38. The third-order valence-electron chi connectivity index (χ3n) is 2.90. The normalized spacial score (nSPS) is 11.7. The molecule has 0 aromatic carbocycles. The van der Waals surface area contributed by atoms with Crippen LogP contribution in [0.5, 0.6) is 0 Å². The molecule has 3 heterocycles. The number of ether oxygens (including phenoxy) is 1. The van der Waals surface area contributed by atoms with Crippen molar-refractivity contribution in [2.75, 3.05) is 13.4 Å². The van der Waals surface area contributed by atoms with Gasteiger partial charge < -0.3 is 4.74 Å². The summed E-state index contributed by atoms with van der Waals surface area (Å²) in [6.07, 6.45) is 5.53. The van der Waals surface area contributed by atoms with Crippen LogP contribution in [0.2, 0.25) is 0 Å². The number of H-pyrrole nitrogens is 1. The summed E-state index contributed by atoms with van der Waals surface area (Å²) in [6.45, 7) is 0. The summed E-state index contributed by atoms with van der Waals surface area (Å²) in [6, 6.07) is 0. The molecule has 0 aliphatic carbocycles. The predicted octanol–water partition coefficient (Wildman–Crippen LogP) is 1.27. The average molecular weight is 338 g/mol. The van der Waals surface area contributed by atoms with Crippen molar-refractivity contribution in [1.82, 2.24) is 20.2 Å². The Hall–Kier alpha value is -2.33. The molecule has 8 nitrogen and oxygen atoms in total. The lowest BCUT2D eigenvalue weighted by Gasteiger charge is -2.01. The maximum absolute atomic E-state index is 12.0. The highest BCUT2D eigenvalue weighted by atomic mass is 32.2. The second kappa shape index (κ2) is 5.14. The highest BCUT2D eigenvalue weighted by Gasteiger charge is 2.24. The zero-order chi connectivity index (χ0) is 15.9. The molecule has 1 N–H and O–H groups in total. The van der Waals surface area contributed by atoms with Crippen LogP contribution in [-0.2, 0) is 14.6 Å². The molecule has 0 amide bonds. The summed E-state index contributed by atoms with van der Waals surface area (Å²) in [5, 5.41) is 6.21. The Morgan fingerprint density at radius 3 is 2.73 bits per heavy atom. The van der Waals surface area contributed by atoms with Crippen molar-refractivity contribution in [2.45, 2.75) is 5.16 Å². The summed E-state index contributed by atoms with van der Waals surface area (Å²) in [5.74, 6) is -0.528. The van der Waals surface area contributed by atoms with Gasteiger partial charge in [-0.3, -0.25) is 5.10 Å². The number of carbonyl (C=O) groups is 1. The predicted molar refractivity (Wildman–Crippen MR) is 79.4 cm³/mol. The maximum atomic E-state index is 12.0. The number of nitrogens with one attached hydrogen (secondary N) is 1. The number of aromatic amines is 1. The second-order valence-corrected chi connectivity index (χ2v) is 7.38. The first-order valence-electron chi connectivity index (χ1n) is 5.99. The van der Waals surface area contributed by atoms with Gasteiger partial charge in [0.25, 0.3) is 0 Å². The molecule has 0 aliphatic rings. The summed E-state index contributed by atoms with van der Waals surface area (Å²) in [4.78, 5) is 20.2. The van der Waals surface area contributed by atoms with E-state index in [2.05, 4.69) is 20.2 Å². The molecular weight excluding hydrogens is 328 g/mol. The van der Waals surface area contributed by atoms with Gasteiger partial charge in [0.05, 0.1) is 23.5 Å². The van der Waals surface area contributed by atoms with Crippen molar-refractivity contribution in [3.05, 3.63) is 23.5 Å². The molecule has 0 fully saturated rings. The van der Waals surface area contributed by atoms with Gasteiger partial charge in [0.2, 0.25) is 15.0 Å². The van der Waals surface area contributed by atoms with E-state index in [-0.39, 0.29) is 5.16 Å². The van der Waals surface area contributed by atoms with E-state index in [1.54, 1.807) is 6.20 Å². The lowest BCUT2D eigenvalue weighted by atomic mass is 10.1. The Morgan fingerprint density at radius 1 is 1.36 bits per heavy atom. The van der Waals surface area contributed by atoms with Crippen LogP contribution in [0.15, 0.2) is 23.7 Å². The van der Waals surface area contributed by atoms with Gasteiger partial charge in [-0.1, -0.05) is 0 Å². The fraction of sp³-hybridized carbons (Fsp3) is 0.167. The van der Waals surface area contributed by atoms with E-state index in [4.69, 9.17) is 4.74 Å². The number of hydrogen-bond acceptors (Lipinski definition) is 8. The first-order chi connectivity index (χ1) is 10.4. The average Bonchev–Trinajstić information content (AvgIpc) is 3.11. The number of thiophene rings is 1. The van der Waals surface area contributed by atoms with Gasteiger partial charge in [0.15, 0.2) is 0 Å². The van der Waals surface area contributed by atoms with Gasteiger partial charge in [-0.25, -0.2) is 23.2 Å². The molecule has 0 spiro atoms. The highest BCUT2D eigenvalue weighted by Crippen LogP contribution is 2.37. The second-order valence-electron chi connectivity index (χ2n) is 4.42. The number of esters is 1. The van der Waals surface area contributed by atoms with Gasteiger partial charge >= 0.3 is 5.97 Å². The SMILES string of the molecule is COC(=O)c1sc2cnc(S(C)(=O)=O)nc2c1-c1cn[nH]c1. The molecule has 0 saturated heterocycles. The van der Waals surface area contributed by atoms with Crippen LogP contribution in [0, 0.1) is 0 Å². The van der Waals surface area contributed by atoms with E-state index < -0.39 is 15.8 Å². The molecule has 0 saturated carbocycles. The van der Waals surface area contributed by atoms with Crippen LogP contribution in [0.25, 0.3) is 21.3 Å². The minimum atomic E-state index is -3.55. The van der Waals surface area contributed by atoms with E-state index in [1.165, 1.54) is 19.5 Å². The van der Waals surface area contributed by atoms with Crippen molar-refractivity contribution in [1.29, 1.82) is 0 Å². The Morgan fingerprint density at radius 2 is 2.14 bits per heavy atom. The molecule has 0 unspecified atom stereocenters. The van der Waals surface area contributed by atoms with Gasteiger partial charge in [-0.15, -0.1) is 11.3 Å². The molecule has 0 radical (unpaired) electrons. The highest BCUT2D eigenvalue weighted by molar-refractivity contribution is 7.90. The quantitative estimate of drug-likeness (QED) is 0.565. The van der Waals surface area contributed by atoms with Crippen molar-refractivity contribution < 1.29 is 17.9 Å². The summed E-state index contributed by atoms with van der Waals surface area (Å²) in [7, 11) is -2.28. The lowest BCUT2D eigenvalue weighted by molar-refractivity contribution is 0.0607. The van der Waals surface area contributed by atoms with Crippen LogP contribution in [0.3, 0.4) is 0 Å². The number of methoxy groups -OCH3 is 1.